The third-order valence-electron chi connectivity index (χ3n) is 2.35. The fourth-order valence-corrected chi connectivity index (χ4v) is 1.46. The maximum absolute atomic E-state index is 11.8. The van der Waals surface area contributed by atoms with Crippen molar-refractivity contribution in [2.75, 3.05) is 11.5 Å². The molecule has 0 aromatic heterocycles. The molecule has 86 valence electrons. The van der Waals surface area contributed by atoms with Crippen LogP contribution in [-0.2, 0) is 4.79 Å². The van der Waals surface area contributed by atoms with Crippen molar-refractivity contribution in [2.45, 2.75) is 25.7 Å². The van der Waals surface area contributed by atoms with Crippen LogP contribution < -0.4 is 11.5 Å². The third kappa shape index (κ3) is 3.38. The summed E-state index contributed by atoms with van der Waals surface area (Å²) in [4.78, 5) is 21.9. The van der Waals surface area contributed by atoms with Gasteiger partial charge in [-0.05, 0) is 31.0 Å². The summed E-state index contributed by atoms with van der Waals surface area (Å²) in [6, 6.07) is 4.89. The summed E-state index contributed by atoms with van der Waals surface area (Å²) >= 11 is 0. The highest BCUT2D eigenvalue weighted by Crippen LogP contribution is 2.18. The van der Waals surface area contributed by atoms with Crippen LogP contribution in [0.5, 0.6) is 0 Å². The minimum absolute atomic E-state index is 0.0179. The predicted octanol–water partition coefficient (Wildman–Crippen LogP) is 1.79. The maximum Gasteiger partial charge on any atom is 0.165 e. The highest BCUT2D eigenvalue weighted by molar-refractivity contribution is 6.01. The molecule has 0 fully saturated rings. The van der Waals surface area contributed by atoms with Gasteiger partial charge in [-0.25, -0.2) is 0 Å². The molecule has 0 aliphatic carbocycles. The minimum Gasteiger partial charge on any atom is -0.399 e. The number of nitrogen functional groups attached to an aromatic ring is 2. The normalized spacial score (nSPS) is 10.0. The second-order valence-corrected chi connectivity index (χ2v) is 3.68. The lowest BCUT2D eigenvalue weighted by Crippen LogP contribution is -2.04. The van der Waals surface area contributed by atoms with E-state index >= 15 is 0 Å². The molecule has 0 saturated heterocycles. The minimum atomic E-state index is -0.0179. The van der Waals surface area contributed by atoms with Crippen LogP contribution in [0.15, 0.2) is 18.2 Å². The molecule has 0 unspecified atom stereocenters. The van der Waals surface area contributed by atoms with Crippen molar-refractivity contribution >= 4 is 23.4 Å². The van der Waals surface area contributed by atoms with Crippen molar-refractivity contribution in [3.05, 3.63) is 23.8 Å². The van der Waals surface area contributed by atoms with Gasteiger partial charge < -0.3 is 16.3 Å². The van der Waals surface area contributed by atoms with Gasteiger partial charge in [-0.3, -0.25) is 4.79 Å². The van der Waals surface area contributed by atoms with Gasteiger partial charge in [0.15, 0.2) is 5.78 Å². The Morgan fingerprint density at radius 3 is 2.69 bits per heavy atom. The van der Waals surface area contributed by atoms with E-state index in [1.165, 1.54) is 0 Å². The Morgan fingerprint density at radius 1 is 1.25 bits per heavy atom. The molecule has 0 saturated carbocycles. The largest absolute Gasteiger partial charge is 0.399 e. The van der Waals surface area contributed by atoms with Gasteiger partial charge in [0, 0.05) is 29.8 Å². The molecule has 0 radical (unpaired) electrons. The van der Waals surface area contributed by atoms with Gasteiger partial charge >= 0.3 is 0 Å². The molecular formula is C12H16N2O2. The molecular weight excluding hydrogens is 204 g/mol. The summed E-state index contributed by atoms with van der Waals surface area (Å²) in [7, 11) is 0. The molecule has 1 rings (SSSR count). The number of Topliss-reactive ketones (excluding diaryl/α,β-unsaturated/α-hetero) is 1. The quantitative estimate of drug-likeness (QED) is 0.331. The Labute approximate surface area is 94.6 Å². The Morgan fingerprint density at radius 2 is 2.00 bits per heavy atom. The number of nitrogens with two attached hydrogens (primary N) is 2. The number of unbranched alkanes of at least 4 members (excludes halogenated alkanes) is 2. The SMILES string of the molecule is Nc1ccc(N)c(C(=O)CCCCC=O)c1. The van der Waals surface area contributed by atoms with Gasteiger partial charge in [0.2, 0.25) is 0 Å². The van der Waals surface area contributed by atoms with E-state index in [1.807, 2.05) is 0 Å². The lowest BCUT2D eigenvalue weighted by atomic mass is 10.0. The van der Waals surface area contributed by atoms with Crippen molar-refractivity contribution < 1.29 is 9.59 Å². The Bertz CT molecular complexity index is 389. The van der Waals surface area contributed by atoms with Crippen LogP contribution in [0.2, 0.25) is 0 Å². The molecule has 4 heteroatoms. The van der Waals surface area contributed by atoms with E-state index < -0.39 is 0 Å². The summed E-state index contributed by atoms with van der Waals surface area (Å²) in [5.74, 6) is -0.0179. The average Bonchev–Trinajstić information content (AvgIpc) is 2.27. The van der Waals surface area contributed by atoms with Crippen LogP contribution >= 0.6 is 0 Å². The van der Waals surface area contributed by atoms with Crippen LogP contribution in [0.1, 0.15) is 36.0 Å². The van der Waals surface area contributed by atoms with E-state index in [-0.39, 0.29) is 5.78 Å². The predicted molar refractivity (Wildman–Crippen MR) is 64.1 cm³/mol. The maximum atomic E-state index is 11.8. The summed E-state index contributed by atoms with van der Waals surface area (Å²) in [5, 5.41) is 0. The van der Waals surface area contributed by atoms with Gasteiger partial charge in [-0.1, -0.05) is 0 Å². The van der Waals surface area contributed by atoms with Gasteiger partial charge in [0.1, 0.15) is 6.29 Å². The number of carbonyl (C=O) groups excluding carboxylic acids is 2. The second-order valence-electron chi connectivity index (χ2n) is 3.68. The lowest BCUT2D eigenvalue weighted by molar-refractivity contribution is -0.107. The Balaban J connectivity index is 2.58. The number of rotatable bonds is 6. The smallest absolute Gasteiger partial charge is 0.165 e. The number of hydrogen-bond donors (Lipinski definition) is 2. The zero-order valence-electron chi connectivity index (χ0n) is 9.11. The molecule has 4 nitrogen and oxygen atoms in total. The molecule has 1 aromatic rings. The first kappa shape index (κ1) is 12.2. The van der Waals surface area contributed by atoms with Gasteiger partial charge in [0.25, 0.3) is 0 Å². The van der Waals surface area contributed by atoms with E-state index in [1.54, 1.807) is 18.2 Å². The molecule has 0 aliphatic rings. The van der Waals surface area contributed by atoms with Crippen molar-refractivity contribution in [1.29, 1.82) is 0 Å². The number of aldehydes is 1. The molecule has 0 bridgehead atoms. The number of carbonyl (C=O) groups is 2. The molecule has 0 atom stereocenters. The van der Waals surface area contributed by atoms with Gasteiger partial charge in [-0.15, -0.1) is 0 Å². The van der Waals surface area contributed by atoms with Crippen LogP contribution in [0.4, 0.5) is 11.4 Å². The fraction of sp³-hybridized carbons (Fsp3) is 0.333. The monoisotopic (exact) mass is 220 g/mol. The molecule has 1 aromatic carbocycles. The first-order valence-electron chi connectivity index (χ1n) is 5.27. The van der Waals surface area contributed by atoms with Crippen LogP contribution in [0.25, 0.3) is 0 Å². The first-order chi connectivity index (χ1) is 7.65. The number of ketones is 1. The molecule has 0 spiro atoms. The highest BCUT2D eigenvalue weighted by Gasteiger charge is 2.09. The molecule has 16 heavy (non-hydrogen) atoms. The first-order valence-corrected chi connectivity index (χ1v) is 5.27. The van der Waals surface area contributed by atoms with E-state index in [0.717, 1.165) is 12.7 Å². The highest BCUT2D eigenvalue weighted by atomic mass is 16.1. The topological polar surface area (TPSA) is 86.2 Å². The van der Waals surface area contributed by atoms with E-state index in [9.17, 15) is 9.59 Å². The zero-order chi connectivity index (χ0) is 12.0. The van der Waals surface area contributed by atoms with Crippen molar-refractivity contribution in [1.82, 2.24) is 0 Å². The van der Waals surface area contributed by atoms with Crippen LogP contribution in [-0.4, -0.2) is 12.1 Å². The number of hydrogen-bond acceptors (Lipinski definition) is 4. The van der Waals surface area contributed by atoms with Crippen LogP contribution in [0, 0.1) is 0 Å². The van der Waals surface area contributed by atoms with E-state index in [2.05, 4.69) is 0 Å². The average molecular weight is 220 g/mol. The lowest BCUT2D eigenvalue weighted by Gasteiger charge is -2.05. The van der Waals surface area contributed by atoms with Gasteiger partial charge in [0.05, 0.1) is 0 Å². The van der Waals surface area contributed by atoms with Crippen molar-refractivity contribution in [3.8, 4) is 0 Å². The zero-order valence-corrected chi connectivity index (χ0v) is 9.11. The summed E-state index contributed by atoms with van der Waals surface area (Å²) < 4.78 is 0. The van der Waals surface area contributed by atoms with Gasteiger partial charge in [-0.2, -0.15) is 0 Å². The number of benzene rings is 1. The molecule has 0 heterocycles. The van der Waals surface area contributed by atoms with E-state index in [0.29, 0.717) is 36.2 Å². The second kappa shape index (κ2) is 5.90. The fourth-order valence-electron chi connectivity index (χ4n) is 1.46. The Hall–Kier alpha value is -1.84. The number of anilines is 2. The van der Waals surface area contributed by atoms with E-state index in [4.69, 9.17) is 11.5 Å². The summed E-state index contributed by atoms with van der Waals surface area (Å²) in [6.45, 7) is 0. The molecule has 4 N–H and O–H groups in total. The van der Waals surface area contributed by atoms with Crippen molar-refractivity contribution in [3.63, 3.8) is 0 Å². The summed E-state index contributed by atoms with van der Waals surface area (Å²) in [6.07, 6.45) is 3.20. The Kier molecular flexibility index (Phi) is 4.51. The van der Waals surface area contributed by atoms with Crippen LogP contribution in [0.3, 0.4) is 0 Å². The summed E-state index contributed by atoms with van der Waals surface area (Å²) in [5.41, 5.74) is 12.7. The third-order valence-corrected chi connectivity index (χ3v) is 2.35. The molecule has 0 aliphatic heterocycles. The van der Waals surface area contributed by atoms with Crippen molar-refractivity contribution in [2.24, 2.45) is 0 Å². The molecule has 0 amide bonds. The standard InChI is InChI=1S/C12H16N2O2/c13-9-5-6-11(14)10(8-9)12(16)4-2-1-3-7-15/h5-8H,1-4,13-14H2.